The molecule has 2 rings (SSSR count). The number of aromatic nitrogens is 1. The van der Waals surface area contributed by atoms with Crippen LogP contribution < -0.4 is 9.46 Å². The molecular formula is C18H21N3O5S. The summed E-state index contributed by atoms with van der Waals surface area (Å²) in [5, 5.41) is 10.5. The lowest BCUT2D eigenvalue weighted by Crippen LogP contribution is -2.47. The molecule has 27 heavy (non-hydrogen) atoms. The molecule has 1 amide bonds. The van der Waals surface area contributed by atoms with E-state index in [1.54, 1.807) is 18.3 Å². The first kappa shape index (κ1) is 20.6. The molecule has 9 heteroatoms. The summed E-state index contributed by atoms with van der Waals surface area (Å²) < 4.78 is 32.4. The van der Waals surface area contributed by atoms with Crippen LogP contribution in [0.3, 0.4) is 0 Å². The second kappa shape index (κ2) is 9.26. The van der Waals surface area contributed by atoms with Crippen molar-refractivity contribution in [3.8, 4) is 5.75 Å². The average Bonchev–Trinajstić information content (AvgIpc) is 2.67. The number of methoxy groups -OCH3 is 1. The minimum Gasteiger partial charge on any atom is -0.497 e. The molecule has 0 fully saturated rings. The molecule has 1 aromatic carbocycles. The van der Waals surface area contributed by atoms with Gasteiger partial charge in [0.1, 0.15) is 11.8 Å². The lowest BCUT2D eigenvalue weighted by molar-refractivity contribution is -0.169. The number of hydroxylamine groups is 2. The van der Waals surface area contributed by atoms with E-state index in [1.165, 1.54) is 43.6 Å². The van der Waals surface area contributed by atoms with Crippen molar-refractivity contribution in [2.24, 2.45) is 0 Å². The Bertz CT molecular complexity index is 870. The van der Waals surface area contributed by atoms with Gasteiger partial charge in [0.2, 0.25) is 10.0 Å². The molecule has 0 radical (unpaired) electrons. The van der Waals surface area contributed by atoms with E-state index in [0.29, 0.717) is 16.4 Å². The summed E-state index contributed by atoms with van der Waals surface area (Å²) in [6, 6.07) is 7.89. The van der Waals surface area contributed by atoms with Crippen molar-refractivity contribution in [2.75, 3.05) is 7.11 Å². The number of hydrogen-bond donors (Lipinski definition) is 2. The molecular weight excluding hydrogens is 370 g/mol. The molecule has 8 nitrogen and oxygen atoms in total. The summed E-state index contributed by atoms with van der Waals surface area (Å²) in [7, 11) is -2.51. The van der Waals surface area contributed by atoms with Crippen LogP contribution in [0, 0.1) is 0 Å². The normalized spacial score (nSPS) is 12.2. The highest BCUT2D eigenvalue weighted by Crippen LogP contribution is 2.16. The molecule has 1 heterocycles. The first-order valence-electron chi connectivity index (χ1n) is 8.04. The summed E-state index contributed by atoms with van der Waals surface area (Å²) in [5.41, 5.74) is 0.601. The molecule has 0 spiro atoms. The Morgan fingerprint density at radius 1 is 1.37 bits per heavy atom. The third-order valence-electron chi connectivity index (χ3n) is 3.68. The maximum absolute atomic E-state index is 12.6. The van der Waals surface area contributed by atoms with E-state index >= 15 is 0 Å². The topological polar surface area (TPSA) is 109 Å². The highest BCUT2D eigenvalue weighted by Gasteiger charge is 2.28. The van der Waals surface area contributed by atoms with Crippen molar-refractivity contribution >= 4 is 15.9 Å². The summed E-state index contributed by atoms with van der Waals surface area (Å²) in [5.74, 6) is -0.290. The van der Waals surface area contributed by atoms with Gasteiger partial charge in [-0.05, 0) is 42.3 Å². The third kappa shape index (κ3) is 5.61. The summed E-state index contributed by atoms with van der Waals surface area (Å²) in [6.07, 6.45) is 4.48. The fourth-order valence-electron chi connectivity index (χ4n) is 2.30. The zero-order chi connectivity index (χ0) is 19.9. The number of pyridine rings is 1. The fraction of sp³-hybridized carbons (Fsp3) is 0.222. The van der Waals surface area contributed by atoms with Gasteiger partial charge in [-0.15, -0.1) is 6.58 Å². The molecule has 0 aliphatic carbocycles. The Labute approximate surface area is 158 Å². The van der Waals surface area contributed by atoms with Crippen molar-refractivity contribution in [1.29, 1.82) is 0 Å². The minimum absolute atomic E-state index is 0.0122. The standard InChI is InChI=1S/C18H21N3O5S/c1-3-5-17(18(22)21(23)13-14-6-4-11-19-12-14)20-27(24,25)16-9-7-15(26-2)8-10-16/h3-4,6-12,17,20,23H,1,5,13H2,2H3/t17-/m0/s1. The van der Waals surface area contributed by atoms with Crippen LogP contribution >= 0.6 is 0 Å². The Hall–Kier alpha value is -2.75. The fourth-order valence-corrected chi connectivity index (χ4v) is 3.50. The highest BCUT2D eigenvalue weighted by molar-refractivity contribution is 7.89. The maximum Gasteiger partial charge on any atom is 0.264 e. The molecule has 0 unspecified atom stereocenters. The van der Waals surface area contributed by atoms with Crippen LogP contribution in [0.1, 0.15) is 12.0 Å². The SMILES string of the molecule is C=CC[C@H](NS(=O)(=O)c1ccc(OC)cc1)C(=O)N(O)Cc1cccnc1. The van der Waals surface area contributed by atoms with E-state index < -0.39 is 22.0 Å². The number of ether oxygens (including phenoxy) is 1. The quantitative estimate of drug-likeness (QED) is 0.383. The summed E-state index contributed by atoms with van der Waals surface area (Å²) >= 11 is 0. The van der Waals surface area contributed by atoms with Crippen LogP contribution in [0.25, 0.3) is 0 Å². The van der Waals surface area contributed by atoms with Gasteiger partial charge in [0.25, 0.3) is 5.91 Å². The van der Waals surface area contributed by atoms with E-state index in [4.69, 9.17) is 4.74 Å². The van der Waals surface area contributed by atoms with Gasteiger partial charge in [-0.3, -0.25) is 15.0 Å². The van der Waals surface area contributed by atoms with Crippen LogP contribution in [0.5, 0.6) is 5.75 Å². The van der Waals surface area contributed by atoms with Crippen molar-refractivity contribution < 1.29 is 23.2 Å². The van der Waals surface area contributed by atoms with Crippen molar-refractivity contribution in [1.82, 2.24) is 14.8 Å². The van der Waals surface area contributed by atoms with Crippen molar-refractivity contribution in [2.45, 2.75) is 23.9 Å². The highest BCUT2D eigenvalue weighted by atomic mass is 32.2. The van der Waals surface area contributed by atoms with Gasteiger partial charge in [-0.1, -0.05) is 12.1 Å². The predicted molar refractivity (Wildman–Crippen MR) is 98.5 cm³/mol. The molecule has 0 aliphatic rings. The smallest absolute Gasteiger partial charge is 0.264 e. The number of nitrogens with one attached hydrogen (secondary N) is 1. The number of hydrogen-bond acceptors (Lipinski definition) is 6. The Balaban J connectivity index is 2.14. The summed E-state index contributed by atoms with van der Waals surface area (Å²) in [4.78, 5) is 16.4. The van der Waals surface area contributed by atoms with Crippen molar-refractivity contribution in [3.05, 3.63) is 67.0 Å². The van der Waals surface area contributed by atoms with E-state index in [1.807, 2.05) is 0 Å². The van der Waals surface area contributed by atoms with Gasteiger partial charge in [0.15, 0.2) is 0 Å². The van der Waals surface area contributed by atoms with Gasteiger partial charge >= 0.3 is 0 Å². The van der Waals surface area contributed by atoms with Crippen LogP contribution in [0.15, 0.2) is 66.3 Å². The zero-order valence-corrected chi connectivity index (χ0v) is 15.6. The Kier molecular flexibility index (Phi) is 7.05. The maximum atomic E-state index is 12.6. The van der Waals surface area contributed by atoms with Crippen LogP contribution in [0.2, 0.25) is 0 Å². The van der Waals surface area contributed by atoms with Gasteiger partial charge in [-0.2, -0.15) is 4.72 Å². The molecule has 0 saturated heterocycles. The van der Waals surface area contributed by atoms with Gasteiger partial charge in [0.05, 0.1) is 18.6 Å². The van der Waals surface area contributed by atoms with E-state index in [9.17, 15) is 18.4 Å². The largest absolute Gasteiger partial charge is 0.497 e. The Morgan fingerprint density at radius 2 is 2.07 bits per heavy atom. The molecule has 144 valence electrons. The number of benzene rings is 1. The van der Waals surface area contributed by atoms with Crippen molar-refractivity contribution in [3.63, 3.8) is 0 Å². The van der Waals surface area contributed by atoms with E-state index in [2.05, 4.69) is 16.3 Å². The second-order valence-electron chi connectivity index (χ2n) is 5.63. The molecule has 0 saturated carbocycles. The lowest BCUT2D eigenvalue weighted by atomic mass is 10.2. The second-order valence-corrected chi connectivity index (χ2v) is 7.34. The first-order valence-corrected chi connectivity index (χ1v) is 9.52. The number of amides is 1. The molecule has 1 aromatic heterocycles. The number of carbonyl (C=O) groups is 1. The number of rotatable bonds is 9. The molecule has 1 atom stereocenters. The predicted octanol–water partition coefficient (Wildman–Crippen LogP) is 1.73. The van der Waals surface area contributed by atoms with E-state index in [-0.39, 0.29) is 17.9 Å². The number of nitrogens with zero attached hydrogens (tertiary/aromatic N) is 2. The van der Waals surface area contributed by atoms with Gasteiger partial charge < -0.3 is 4.74 Å². The third-order valence-corrected chi connectivity index (χ3v) is 5.16. The molecule has 2 N–H and O–H groups in total. The molecule has 2 aromatic rings. The average molecular weight is 391 g/mol. The van der Waals surface area contributed by atoms with Crippen LogP contribution in [-0.2, 0) is 21.4 Å². The monoisotopic (exact) mass is 391 g/mol. The summed E-state index contributed by atoms with van der Waals surface area (Å²) in [6.45, 7) is 3.42. The zero-order valence-electron chi connectivity index (χ0n) is 14.8. The van der Waals surface area contributed by atoms with Gasteiger partial charge in [0, 0.05) is 12.4 Å². The molecule has 0 bridgehead atoms. The Morgan fingerprint density at radius 3 is 2.63 bits per heavy atom. The van der Waals surface area contributed by atoms with E-state index in [0.717, 1.165) is 0 Å². The molecule has 0 aliphatic heterocycles. The minimum atomic E-state index is -3.98. The van der Waals surface area contributed by atoms with Crippen LogP contribution in [-0.4, -0.2) is 42.7 Å². The van der Waals surface area contributed by atoms with Gasteiger partial charge in [-0.25, -0.2) is 13.5 Å². The first-order chi connectivity index (χ1) is 12.9. The lowest BCUT2D eigenvalue weighted by Gasteiger charge is -2.22. The van der Waals surface area contributed by atoms with Crippen LogP contribution in [0.4, 0.5) is 0 Å². The number of carbonyl (C=O) groups excluding carboxylic acids is 1. The number of sulfonamides is 1.